The van der Waals surface area contributed by atoms with Gasteiger partial charge in [0.2, 0.25) is 0 Å². The quantitative estimate of drug-likeness (QED) is 0.217. The van der Waals surface area contributed by atoms with Gasteiger partial charge in [0.25, 0.3) is 11.3 Å². The molecule has 4 aromatic rings. The monoisotopic (exact) mass is 523 g/mol. The summed E-state index contributed by atoms with van der Waals surface area (Å²) in [5.41, 5.74) is -0.573. The molecule has 0 aliphatic heterocycles. The van der Waals surface area contributed by atoms with E-state index in [1.165, 1.54) is 6.07 Å². The molecule has 1 aromatic heterocycles. The van der Waals surface area contributed by atoms with E-state index in [1.54, 1.807) is 42.5 Å². The second-order valence-corrected chi connectivity index (χ2v) is 8.25. The average Bonchev–Trinajstić information content (AvgIpc) is 2.83. The lowest BCUT2D eigenvalue weighted by molar-refractivity contribution is -0.141. The minimum absolute atomic E-state index is 0.0593. The Hall–Kier alpha value is -3.77. The Morgan fingerprint density at radius 2 is 1.31 bits per heavy atom. The van der Waals surface area contributed by atoms with Crippen LogP contribution >= 0.6 is 0 Å². The fraction of sp³-hybridized carbons (Fsp3) is 0.0833. The van der Waals surface area contributed by atoms with E-state index in [2.05, 4.69) is 14.7 Å². The molecule has 4 rings (SSSR count). The molecule has 3 aromatic carbocycles. The van der Waals surface area contributed by atoms with Crippen LogP contribution in [0.5, 0.6) is 0 Å². The summed E-state index contributed by atoms with van der Waals surface area (Å²) in [6.07, 6.45) is -9.41. The van der Waals surface area contributed by atoms with Crippen LogP contribution in [-0.2, 0) is 23.6 Å². The number of rotatable bonds is 5. The Morgan fingerprint density at radius 1 is 0.694 bits per heavy atom. The molecule has 1 heterocycles. The maximum absolute atomic E-state index is 13.6. The van der Waals surface area contributed by atoms with E-state index in [9.17, 15) is 30.6 Å². The van der Waals surface area contributed by atoms with Crippen molar-refractivity contribution in [1.29, 1.82) is 0 Å². The number of hydrogen-bond donors (Lipinski definition) is 2. The minimum Gasteiger partial charge on any atom is -0.289 e. The predicted octanol–water partition coefficient (Wildman–Crippen LogP) is 7.06. The van der Waals surface area contributed by atoms with Gasteiger partial charge in [-0.1, -0.05) is 42.5 Å². The maximum Gasteiger partial charge on any atom is 0.433 e. The Bertz CT molecular complexity index is 1420. The van der Waals surface area contributed by atoms with Crippen LogP contribution < -0.4 is 4.72 Å². The number of aromatic nitrogens is 2. The van der Waals surface area contributed by atoms with Gasteiger partial charge in [-0.3, -0.25) is 9.27 Å². The van der Waals surface area contributed by atoms with Crippen molar-refractivity contribution in [2.45, 2.75) is 12.4 Å². The van der Waals surface area contributed by atoms with Crippen molar-refractivity contribution in [1.82, 2.24) is 9.97 Å². The largest absolute Gasteiger partial charge is 0.433 e. The Morgan fingerprint density at radius 3 is 1.92 bits per heavy atom. The van der Waals surface area contributed by atoms with Gasteiger partial charge < -0.3 is 0 Å². The molecule has 2 N–H and O–H groups in total. The fourth-order valence-electron chi connectivity index (χ4n) is 3.40. The molecular weight excluding hydrogens is 508 g/mol. The van der Waals surface area contributed by atoms with E-state index in [0.29, 0.717) is 22.9 Å². The highest BCUT2D eigenvalue weighted by Gasteiger charge is 2.34. The number of nitrogens with zero attached hydrogens (tertiary/aromatic N) is 2. The number of halogens is 6. The summed E-state index contributed by atoms with van der Waals surface area (Å²) in [5.74, 6) is -0.271. The maximum atomic E-state index is 13.6. The zero-order valence-electron chi connectivity index (χ0n) is 17.9. The van der Waals surface area contributed by atoms with Gasteiger partial charge in [-0.05, 0) is 47.5 Å². The molecular formula is C24H15F6N3O2S. The summed E-state index contributed by atoms with van der Waals surface area (Å²) in [5, 5.41) is 0. The molecule has 0 saturated heterocycles. The molecule has 0 amide bonds. The molecule has 0 radical (unpaired) electrons. The number of nitrogens with one attached hydrogen (secondary N) is 1. The molecule has 0 fully saturated rings. The number of alkyl halides is 6. The van der Waals surface area contributed by atoms with Crippen molar-refractivity contribution < 1.29 is 35.1 Å². The summed E-state index contributed by atoms with van der Waals surface area (Å²) in [7, 11) is 0. The lowest BCUT2D eigenvalue weighted by Crippen LogP contribution is -2.10. The molecule has 12 heteroatoms. The molecule has 0 bridgehead atoms. The zero-order valence-corrected chi connectivity index (χ0v) is 18.7. The third kappa shape index (κ3) is 5.89. The van der Waals surface area contributed by atoms with Crippen molar-refractivity contribution in [3.05, 3.63) is 90.1 Å². The van der Waals surface area contributed by atoms with Crippen molar-refractivity contribution in [2.24, 2.45) is 0 Å². The lowest BCUT2D eigenvalue weighted by Gasteiger charge is -2.13. The van der Waals surface area contributed by atoms with Gasteiger partial charge >= 0.3 is 12.4 Å². The van der Waals surface area contributed by atoms with E-state index in [4.69, 9.17) is 4.55 Å². The van der Waals surface area contributed by atoms with Gasteiger partial charge in [0.05, 0.1) is 11.3 Å². The first-order valence-electron chi connectivity index (χ1n) is 10.1. The standard InChI is InChI=1S/C24H15F6N3O2S/c25-23(26,27)18-9-7-14(8-10-18)20-13-21(24(28,29)30)32-22(31-20)17-5-1-3-15(11-17)16-4-2-6-19(12-16)33-36(34)35/h1-13,33H,(H,34,35). The van der Waals surface area contributed by atoms with Gasteiger partial charge in [0.1, 0.15) is 5.69 Å². The van der Waals surface area contributed by atoms with E-state index in [1.807, 2.05) is 0 Å². The third-order valence-corrected chi connectivity index (χ3v) is 5.46. The van der Waals surface area contributed by atoms with Gasteiger partial charge in [0.15, 0.2) is 5.82 Å². The van der Waals surface area contributed by atoms with Gasteiger partial charge in [-0.2, -0.15) is 26.3 Å². The van der Waals surface area contributed by atoms with Crippen LogP contribution in [0.2, 0.25) is 0 Å². The van der Waals surface area contributed by atoms with Crippen LogP contribution in [0.1, 0.15) is 11.3 Å². The highest BCUT2D eigenvalue weighted by molar-refractivity contribution is 7.80. The molecule has 36 heavy (non-hydrogen) atoms. The topological polar surface area (TPSA) is 75.1 Å². The first kappa shape index (κ1) is 25.3. The van der Waals surface area contributed by atoms with Crippen LogP contribution in [0.15, 0.2) is 78.9 Å². The van der Waals surface area contributed by atoms with Gasteiger partial charge in [-0.25, -0.2) is 14.2 Å². The molecule has 1 unspecified atom stereocenters. The van der Waals surface area contributed by atoms with E-state index >= 15 is 0 Å². The molecule has 0 spiro atoms. The number of hydrogen-bond acceptors (Lipinski definition) is 3. The summed E-state index contributed by atoms with van der Waals surface area (Å²) in [6, 6.07) is 17.1. The SMILES string of the molecule is O=S(O)Nc1cccc(-c2cccc(-c3nc(-c4ccc(C(F)(F)F)cc4)cc(C(F)(F)F)n3)c2)c1. The molecule has 0 saturated carbocycles. The Kier molecular flexibility index (Phi) is 6.83. The smallest absolute Gasteiger partial charge is 0.289 e. The van der Waals surface area contributed by atoms with Crippen LogP contribution in [0, 0.1) is 0 Å². The van der Waals surface area contributed by atoms with Crippen LogP contribution in [-0.4, -0.2) is 18.7 Å². The van der Waals surface area contributed by atoms with Crippen molar-refractivity contribution in [3.8, 4) is 33.8 Å². The van der Waals surface area contributed by atoms with Gasteiger partial charge in [-0.15, -0.1) is 0 Å². The average molecular weight is 523 g/mol. The molecule has 5 nitrogen and oxygen atoms in total. The summed E-state index contributed by atoms with van der Waals surface area (Å²) in [6.45, 7) is 0. The van der Waals surface area contributed by atoms with Crippen LogP contribution in [0.3, 0.4) is 0 Å². The molecule has 186 valence electrons. The fourth-order valence-corrected chi connectivity index (χ4v) is 3.73. The summed E-state index contributed by atoms with van der Waals surface area (Å²) in [4.78, 5) is 7.84. The van der Waals surface area contributed by atoms with Gasteiger partial charge in [0, 0.05) is 16.8 Å². The molecule has 1 atom stereocenters. The van der Waals surface area contributed by atoms with Crippen molar-refractivity contribution in [3.63, 3.8) is 0 Å². The van der Waals surface area contributed by atoms with E-state index < -0.39 is 34.9 Å². The summed E-state index contributed by atoms with van der Waals surface area (Å²) < 4.78 is 102. The number of anilines is 1. The highest BCUT2D eigenvalue weighted by atomic mass is 32.2. The van der Waals surface area contributed by atoms with Crippen LogP contribution in [0.25, 0.3) is 33.8 Å². The first-order chi connectivity index (χ1) is 16.9. The second kappa shape index (κ2) is 9.70. The first-order valence-corrected chi connectivity index (χ1v) is 11.2. The Labute approximate surface area is 203 Å². The minimum atomic E-state index is -4.82. The third-order valence-electron chi connectivity index (χ3n) is 5.05. The van der Waals surface area contributed by atoms with E-state index in [-0.39, 0.29) is 22.6 Å². The zero-order chi connectivity index (χ0) is 26.1. The molecule has 0 aliphatic rings. The van der Waals surface area contributed by atoms with Crippen LogP contribution in [0.4, 0.5) is 32.0 Å². The van der Waals surface area contributed by atoms with E-state index in [0.717, 1.165) is 24.3 Å². The van der Waals surface area contributed by atoms with Crippen molar-refractivity contribution >= 4 is 17.0 Å². The summed E-state index contributed by atoms with van der Waals surface area (Å²) >= 11 is -2.29. The predicted molar refractivity (Wildman–Crippen MR) is 123 cm³/mol. The second-order valence-electron chi connectivity index (χ2n) is 7.55. The normalized spacial score (nSPS) is 12.9. The van der Waals surface area contributed by atoms with Crippen molar-refractivity contribution in [2.75, 3.05) is 4.72 Å². The molecule has 0 aliphatic carbocycles. The highest BCUT2D eigenvalue weighted by Crippen LogP contribution is 2.35. The lowest BCUT2D eigenvalue weighted by atomic mass is 10.0. The Balaban J connectivity index is 1.78. The number of benzene rings is 3.